The quantitative estimate of drug-likeness (QED) is 0.676. The summed E-state index contributed by atoms with van der Waals surface area (Å²) in [5.41, 5.74) is 2.38. The zero-order valence-electron chi connectivity index (χ0n) is 12.3. The third kappa shape index (κ3) is 3.47. The van der Waals surface area contributed by atoms with E-state index in [9.17, 15) is 10.1 Å². The van der Waals surface area contributed by atoms with Crippen LogP contribution in [-0.4, -0.2) is 24.0 Å². The zero-order chi connectivity index (χ0) is 15.4. The van der Waals surface area contributed by atoms with Gasteiger partial charge in [-0.15, -0.1) is 0 Å². The summed E-state index contributed by atoms with van der Waals surface area (Å²) in [6.07, 6.45) is 0. The van der Waals surface area contributed by atoms with Gasteiger partial charge in [0, 0.05) is 20.6 Å². The van der Waals surface area contributed by atoms with Gasteiger partial charge in [0.25, 0.3) is 5.69 Å². The lowest BCUT2D eigenvalue weighted by molar-refractivity contribution is -0.384. The van der Waals surface area contributed by atoms with Crippen molar-refractivity contribution in [3.8, 4) is 0 Å². The van der Waals surface area contributed by atoms with Crippen molar-refractivity contribution in [2.75, 3.05) is 24.3 Å². The molecule has 6 heteroatoms. The van der Waals surface area contributed by atoms with E-state index >= 15 is 0 Å². The number of hydrogen-bond acceptors (Lipinski definition) is 5. The molecule has 21 heavy (non-hydrogen) atoms. The predicted octanol–water partition coefficient (Wildman–Crippen LogP) is 2.98. The minimum atomic E-state index is -0.409. The highest BCUT2D eigenvalue weighted by Crippen LogP contribution is 2.24. The van der Waals surface area contributed by atoms with Gasteiger partial charge < -0.3 is 10.2 Å². The van der Waals surface area contributed by atoms with Gasteiger partial charge in [-0.25, -0.2) is 4.98 Å². The number of anilines is 2. The molecule has 1 heterocycles. The first-order chi connectivity index (χ1) is 10.0. The van der Waals surface area contributed by atoms with E-state index in [1.165, 1.54) is 23.3 Å². The molecule has 0 radical (unpaired) electrons. The maximum atomic E-state index is 11.0. The lowest BCUT2D eigenvalue weighted by Gasteiger charge is -2.20. The number of nitrogens with zero attached hydrogens (tertiary/aromatic N) is 3. The number of hydrogen-bond donors (Lipinski definition) is 1. The Morgan fingerprint density at radius 2 is 2.05 bits per heavy atom. The fourth-order valence-corrected chi connectivity index (χ4v) is 2.06. The molecule has 0 unspecified atom stereocenters. The molecule has 1 aromatic carbocycles. The molecule has 6 nitrogen and oxygen atoms in total. The minimum Gasteiger partial charge on any atom is -0.373 e. The monoisotopic (exact) mass is 286 g/mol. The topological polar surface area (TPSA) is 71.3 Å². The Bertz CT molecular complexity index is 658. The first-order valence-electron chi connectivity index (χ1n) is 6.61. The van der Waals surface area contributed by atoms with E-state index in [1.807, 2.05) is 43.1 Å². The summed E-state index contributed by atoms with van der Waals surface area (Å²) in [5.74, 6) is 1.05. The maximum Gasteiger partial charge on any atom is 0.276 e. The van der Waals surface area contributed by atoms with E-state index in [1.54, 1.807) is 7.05 Å². The highest BCUT2D eigenvalue weighted by molar-refractivity contribution is 5.55. The van der Waals surface area contributed by atoms with E-state index in [2.05, 4.69) is 10.3 Å². The highest BCUT2D eigenvalue weighted by atomic mass is 16.6. The average Bonchev–Trinajstić information content (AvgIpc) is 2.49. The normalized spacial score (nSPS) is 10.2. The van der Waals surface area contributed by atoms with Gasteiger partial charge in [0.15, 0.2) is 0 Å². The standard InChI is InChI=1S/C15H18N4O2/c1-11-6-4-5-7-12(11)10-18(3)15-9-13(19(20)21)8-14(16-2)17-15/h4-9H,10H2,1-3H3,(H,16,17). The Kier molecular flexibility index (Phi) is 4.37. The molecule has 110 valence electrons. The van der Waals surface area contributed by atoms with Crippen molar-refractivity contribution in [1.29, 1.82) is 0 Å². The summed E-state index contributed by atoms with van der Waals surface area (Å²) in [4.78, 5) is 16.8. The molecule has 2 aromatic rings. The summed E-state index contributed by atoms with van der Waals surface area (Å²) >= 11 is 0. The Hall–Kier alpha value is -2.63. The molecule has 1 aromatic heterocycles. The number of aromatic nitrogens is 1. The fourth-order valence-electron chi connectivity index (χ4n) is 2.06. The van der Waals surface area contributed by atoms with Crippen molar-refractivity contribution >= 4 is 17.3 Å². The van der Waals surface area contributed by atoms with Crippen molar-refractivity contribution in [3.05, 3.63) is 57.6 Å². The van der Waals surface area contributed by atoms with Gasteiger partial charge >= 0.3 is 0 Å². The third-order valence-electron chi connectivity index (χ3n) is 3.32. The predicted molar refractivity (Wildman–Crippen MR) is 83.7 cm³/mol. The van der Waals surface area contributed by atoms with Gasteiger partial charge in [-0.1, -0.05) is 24.3 Å². The van der Waals surface area contributed by atoms with Crippen LogP contribution in [0.3, 0.4) is 0 Å². The van der Waals surface area contributed by atoms with Crippen molar-refractivity contribution in [1.82, 2.24) is 4.98 Å². The first kappa shape index (κ1) is 14.8. The summed E-state index contributed by atoms with van der Waals surface area (Å²) in [7, 11) is 3.56. The second kappa shape index (κ2) is 6.21. The van der Waals surface area contributed by atoms with Gasteiger partial charge in [-0.2, -0.15) is 0 Å². The van der Waals surface area contributed by atoms with Crippen LogP contribution in [0, 0.1) is 17.0 Å². The summed E-state index contributed by atoms with van der Waals surface area (Å²) in [6, 6.07) is 11.0. The summed E-state index contributed by atoms with van der Waals surface area (Å²) < 4.78 is 0. The number of benzene rings is 1. The smallest absolute Gasteiger partial charge is 0.276 e. The number of nitro groups is 1. The molecular weight excluding hydrogens is 268 g/mol. The molecule has 0 aliphatic heterocycles. The van der Waals surface area contributed by atoms with Crippen LogP contribution in [-0.2, 0) is 6.54 Å². The number of nitrogens with one attached hydrogen (secondary N) is 1. The van der Waals surface area contributed by atoms with E-state index < -0.39 is 4.92 Å². The molecule has 0 fully saturated rings. The van der Waals surface area contributed by atoms with Gasteiger partial charge in [-0.05, 0) is 18.1 Å². The molecule has 0 atom stereocenters. The second-order valence-corrected chi connectivity index (χ2v) is 4.86. The summed E-state index contributed by atoms with van der Waals surface area (Å²) in [6.45, 7) is 2.69. The van der Waals surface area contributed by atoms with Crippen molar-refractivity contribution in [2.45, 2.75) is 13.5 Å². The lowest BCUT2D eigenvalue weighted by atomic mass is 10.1. The van der Waals surface area contributed by atoms with E-state index in [0.717, 1.165) is 0 Å². The van der Waals surface area contributed by atoms with Crippen LogP contribution in [0.4, 0.5) is 17.3 Å². The van der Waals surface area contributed by atoms with Crippen LogP contribution in [0.1, 0.15) is 11.1 Å². The molecule has 0 amide bonds. The number of pyridine rings is 1. The Labute approximate surface area is 123 Å². The highest BCUT2D eigenvalue weighted by Gasteiger charge is 2.14. The van der Waals surface area contributed by atoms with Crippen molar-refractivity contribution in [2.24, 2.45) is 0 Å². The molecule has 0 saturated carbocycles. The Morgan fingerprint density at radius 3 is 2.67 bits per heavy atom. The second-order valence-electron chi connectivity index (χ2n) is 4.86. The Balaban J connectivity index is 2.30. The minimum absolute atomic E-state index is 0.0287. The molecule has 0 saturated heterocycles. The van der Waals surface area contributed by atoms with Crippen molar-refractivity contribution in [3.63, 3.8) is 0 Å². The van der Waals surface area contributed by atoms with Crippen LogP contribution in [0.5, 0.6) is 0 Å². The van der Waals surface area contributed by atoms with Crippen LogP contribution >= 0.6 is 0 Å². The first-order valence-corrected chi connectivity index (χ1v) is 6.61. The van der Waals surface area contributed by atoms with E-state index in [4.69, 9.17) is 0 Å². The third-order valence-corrected chi connectivity index (χ3v) is 3.32. The van der Waals surface area contributed by atoms with Crippen LogP contribution in [0.15, 0.2) is 36.4 Å². The molecule has 0 bridgehead atoms. The van der Waals surface area contributed by atoms with E-state index in [0.29, 0.717) is 18.2 Å². The van der Waals surface area contributed by atoms with Crippen molar-refractivity contribution < 1.29 is 4.92 Å². The zero-order valence-corrected chi connectivity index (χ0v) is 12.3. The van der Waals surface area contributed by atoms with E-state index in [-0.39, 0.29) is 5.69 Å². The molecular formula is C15H18N4O2. The molecule has 1 N–H and O–H groups in total. The van der Waals surface area contributed by atoms with Crippen LogP contribution < -0.4 is 10.2 Å². The largest absolute Gasteiger partial charge is 0.373 e. The van der Waals surface area contributed by atoms with Crippen LogP contribution in [0.2, 0.25) is 0 Å². The maximum absolute atomic E-state index is 11.0. The Morgan fingerprint density at radius 1 is 1.33 bits per heavy atom. The van der Waals surface area contributed by atoms with Gasteiger partial charge in [0.05, 0.1) is 17.1 Å². The number of aryl methyl sites for hydroxylation is 1. The molecule has 0 aliphatic carbocycles. The molecule has 0 spiro atoms. The lowest BCUT2D eigenvalue weighted by Crippen LogP contribution is -2.19. The van der Waals surface area contributed by atoms with Gasteiger partial charge in [0.2, 0.25) is 0 Å². The molecule has 0 aliphatic rings. The van der Waals surface area contributed by atoms with Gasteiger partial charge in [-0.3, -0.25) is 10.1 Å². The van der Waals surface area contributed by atoms with Crippen LogP contribution in [0.25, 0.3) is 0 Å². The number of rotatable bonds is 5. The average molecular weight is 286 g/mol. The SMILES string of the molecule is CNc1cc([N+](=O)[O-])cc(N(C)Cc2ccccc2C)n1. The van der Waals surface area contributed by atoms with Gasteiger partial charge in [0.1, 0.15) is 11.6 Å². The summed E-state index contributed by atoms with van der Waals surface area (Å²) in [5, 5.41) is 13.8. The fraction of sp³-hybridized carbons (Fsp3) is 0.267. The molecule has 2 rings (SSSR count).